The average Bonchev–Trinajstić information content (AvgIpc) is 2.87. The maximum Gasteiger partial charge on any atom is 0.391 e. The Morgan fingerprint density at radius 2 is 2.04 bits per heavy atom. The summed E-state index contributed by atoms with van der Waals surface area (Å²) < 4.78 is 42.0. The van der Waals surface area contributed by atoms with E-state index in [1.807, 2.05) is 5.32 Å². The number of hydrogen-bond acceptors (Lipinski definition) is 3. The second kappa shape index (κ2) is 6.19. The van der Waals surface area contributed by atoms with E-state index in [2.05, 4.69) is 4.98 Å². The second-order valence-electron chi connectivity index (χ2n) is 4.82. The highest BCUT2D eigenvalue weighted by atomic mass is 19.4. The van der Waals surface area contributed by atoms with E-state index in [1.165, 1.54) is 13.2 Å². The molecule has 2 aromatic rings. The summed E-state index contributed by atoms with van der Waals surface area (Å²) in [6.45, 7) is 0. The Balaban J connectivity index is 2.20. The van der Waals surface area contributed by atoms with Crippen LogP contribution in [0.25, 0.3) is 10.9 Å². The van der Waals surface area contributed by atoms with Crippen molar-refractivity contribution in [2.45, 2.75) is 18.6 Å². The predicted molar refractivity (Wildman–Crippen MR) is 74.4 cm³/mol. The van der Waals surface area contributed by atoms with Crippen molar-refractivity contribution in [3.63, 3.8) is 0 Å². The number of H-pyrrole nitrogens is 1. The molecule has 6 nitrogen and oxygen atoms in total. The van der Waals surface area contributed by atoms with E-state index < -0.39 is 30.5 Å². The first kappa shape index (κ1) is 16.7. The molecule has 1 amide bonds. The number of nitrogens with one attached hydrogen (secondary N) is 2. The number of fused-ring (bicyclic) bond motifs is 1. The normalized spacial score (nSPS) is 12.9. The summed E-state index contributed by atoms with van der Waals surface area (Å²) in [7, 11) is 1.47. The van der Waals surface area contributed by atoms with Crippen molar-refractivity contribution in [1.29, 1.82) is 0 Å². The monoisotopic (exact) mass is 330 g/mol. The van der Waals surface area contributed by atoms with Crippen molar-refractivity contribution in [1.82, 2.24) is 10.3 Å². The van der Waals surface area contributed by atoms with Crippen molar-refractivity contribution in [2.75, 3.05) is 7.11 Å². The Morgan fingerprint density at radius 1 is 1.35 bits per heavy atom. The molecule has 1 aromatic carbocycles. The third-order valence-electron chi connectivity index (χ3n) is 3.11. The number of rotatable bonds is 5. The maximum absolute atomic E-state index is 12.3. The number of alkyl halides is 3. The highest BCUT2D eigenvalue weighted by Crippen LogP contribution is 2.23. The van der Waals surface area contributed by atoms with Crippen LogP contribution >= 0.6 is 0 Å². The number of aromatic nitrogens is 1. The van der Waals surface area contributed by atoms with Crippen LogP contribution in [0.1, 0.15) is 16.9 Å². The molecule has 0 saturated carbocycles. The number of carboxylic acids is 1. The van der Waals surface area contributed by atoms with Gasteiger partial charge in [0, 0.05) is 10.9 Å². The van der Waals surface area contributed by atoms with Crippen molar-refractivity contribution in [2.24, 2.45) is 0 Å². The number of carboxylic acid groups (broad SMARTS) is 1. The molecule has 1 aromatic heterocycles. The van der Waals surface area contributed by atoms with Crippen LogP contribution in [0.2, 0.25) is 0 Å². The van der Waals surface area contributed by atoms with Crippen LogP contribution in [0.15, 0.2) is 24.3 Å². The first-order chi connectivity index (χ1) is 10.7. The molecule has 3 N–H and O–H groups in total. The SMILES string of the molecule is COc1ccc2[nH]c(C(=O)NC(CC(F)(F)F)C(=O)O)cc2c1. The zero-order valence-electron chi connectivity index (χ0n) is 11.9. The molecule has 1 heterocycles. The van der Waals surface area contributed by atoms with Crippen LogP contribution in [-0.2, 0) is 4.79 Å². The van der Waals surface area contributed by atoms with E-state index in [9.17, 15) is 22.8 Å². The van der Waals surface area contributed by atoms with Gasteiger partial charge in [0.25, 0.3) is 5.91 Å². The molecular formula is C14H13F3N2O4. The minimum absolute atomic E-state index is 0.0401. The van der Waals surface area contributed by atoms with Crippen molar-refractivity contribution in [3.05, 3.63) is 30.0 Å². The van der Waals surface area contributed by atoms with Crippen LogP contribution in [-0.4, -0.2) is 41.3 Å². The summed E-state index contributed by atoms with van der Waals surface area (Å²) in [5.74, 6) is -2.14. The Hall–Kier alpha value is -2.71. The maximum atomic E-state index is 12.3. The molecule has 9 heteroatoms. The van der Waals surface area contributed by atoms with Gasteiger partial charge in [-0.05, 0) is 24.3 Å². The number of aliphatic carboxylic acids is 1. The van der Waals surface area contributed by atoms with Gasteiger partial charge in [-0.2, -0.15) is 13.2 Å². The van der Waals surface area contributed by atoms with E-state index in [1.54, 1.807) is 18.2 Å². The highest BCUT2D eigenvalue weighted by molar-refractivity contribution is 5.99. The third-order valence-corrected chi connectivity index (χ3v) is 3.11. The zero-order valence-corrected chi connectivity index (χ0v) is 11.9. The summed E-state index contributed by atoms with van der Waals surface area (Å²) in [4.78, 5) is 25.5. The first-order valence-electron chi connectivity index (χ1n) is 6.47. The fourth-order valence-electron chi connectivity index (χ4n) is 2.03. The van der Waals surface area contributed by atoms with Crippen LogP contribution in [0.5, 0.6) is 5.75 Å². The number of ether oxygens (including phenoxy) is 1. The third kappa shape index (κ3) is 4.15. The second-order valence-corrected chi connectivity index (χ2v) is 4.82. The molecule has 0 bridgehead atoms. The molecule has 1 unspecified atom stereocenters. The lowest BCUT2D eigenvalue weighted by Gasteiger charge is -2.15. The Kier molecular flexibility index (Phi) is 4.48. The van der Waals surface area contributed by atoms with Gasteiger partial charge in [0.15, 0.2) is 0 Å². The van der Waals surface area contributed by atoms with E-state index in [0.29, 0.717) is 16.7 Å². The zero-order chi connectivity index (χ0) is 17.2. The van der Waals surface area contributed by atoms with Gasteiger partial charge < -0.3 is 20.1 Å². The number of amides is 1. The molecule has 0 saturated heterocycles. The standard InChI is InChI=1S/C14H13F3N2O4/c1-23-8-2-3-9-7(4-8)5-10(18-9)12(20)19-11(13(21)22)6-14(15,16)17/h2-5,11,18H,6H2,1H3,(H,19,20)(H,21,22). The Labute approximate surface area is 128 Å². The molecule has 0 radical (unpaired) electrons. The van der Waals surface area contributed by atoms with Crippen molar-refractivity contribution in [3.8, 4) is 5.75 Å². The number of benzene rings is 1. The lowest BCUT2D eigenvalue weighted by molar-refractivity contribution is -0.157. The van der Waals surface area contributed by atoms with Crippen LogP contribution < -0.4 is 10.1 Å². The lowest BCUT2D eigenvalue weighted by Crippen LogP contribution is -2.43. The van der Waals surface area contributed by atoms with E-state index in [-0.39, 0.29) is 5.69 Å². The summed E-state index contributed by atoms with van der Waals surface area (Å²) in [6.07, 6.45) is -6.35. The number of aromatic amines is 1. The molecular weight excluding hydrogens is 317 g/mol. The molecule has 23 heavy (non-hydrogen) atoms. The summed E-state index contributed by atoms with van der Waals surface area (Å²) >= 11 is 0. The quantitative estimate of drug-likeness (QED) is 0.784. The summed E-state index contributed by atoms with van der Waals surface area (Å²) in [6, 6.07) is 4.26. The minimum atomic E-state index is -4.70. The average molecular weight is 330 g/mol. The van der Waals surface area contributed by atoms with Crippen LogP contribution in [0.3, 0.4) is 0 Å². The predicted octanol–water partition coefficient (Wildman–Crippen LogP) is 2.31. The van der Waals surface area contributed by atoms with Crippen molar-refractivity contribution < 1.29 is 32.6 Å². The number of hydrogen-bond donors (Lipinski definition) is 3. The van der Waals surface area contributed by atoms with Crippen LogP contribution in [0, 0.1) is 0 Å². The number of halogens is 3. The molecule has 0 fully saturated rings. The topological polar surface area (TPSA) is 91.4 Å². The largest absolute Gasteiger partial charge is 0.497 e. The summed E-state index contributed by atoms with van der Waals surface area (Å²) in [5.41, 5.74) is 0.528. The Bertz CT molecular complexity index is 739. The first-order valence-corrected chi connectivity index (χ1v) is 6.47. The van der Waals surface area contributed by atoms with E-state index >= 15 is 0 Å². The summed E-state index contributed by atoms with van der Waals surface area (Å²) in [5, 5.41) is 11.3. The fourth-order valence-corrected chi connectivity index (χ4v) is 2.03. The van der Waals surface area contributed by atoms with Gasteiger partial charge in [-0.1, -0.05) is 0 Å². The molecule has 124 valence electrons. The highest BCUT2D eigenvalue weighted by Gasteiger charge is 2.36. The molecule has 2 rings (SSSR count). The molecule has 0 aliphatic heterocycles. The van der Waals surface area contributed by atoms with E-state index in [4.69, 9.17) is 9.84 Å². The molecule has 0 spiro atoms. The smallest absolute Gasteiger partial charge is 0.391 e. The molecule has 1 atom stereocenters. The van der Waals surface area contributed by atoms with Gasteiger partial charge in [0.2, 0.25) is 0 Å². The van der Waals surface area contributed by atoms with Crippen LogP contribution in [0.4, 0.5) is 13.2 Å². The number of carbonyl (C=O) groups is 2. The van der Waals surface area contributed by atoms with Gasteiger partial charge in [-0.15, -0.1) is 0 Å². The lowest BCUT2D eigenvalue weighted by atomic mass is 10.2. The fraction of sp³-hybridized carbons (Fsp3) is 0.286. The van der Waals surface area contributed by atoms with Gasteiger partial charge in [0.05, 0.1) is 13.5 Å². The minimum Gasteiger partial charge on any atom is -0.497 e. The number of carbonyl (C=O) groups excluding carboxylic acids is 1. The van der Waals surface area contributed by atoms with Gasteiger partial charge >= 0.3 is 12.1 Å². The van der Waals surface area contributed by atoms with E-state index in [0.717, 1.165) is 0 Å². The molecule has 0 aliphatic carbocycles. The van der Waals surface area contributed by atoms with Gasteiger partial charge in [0.1, 0.15) is 17.5 Å². The number of methoxy groups -OCH3 is 1. The molecule has 0 aliphatic rings. The van der Waals surface area contributed by atoms with Crippen molar-refractivity contribution >= 4 is 22.8 Å². The van der Waals surface area contributed by atoms with Gasteiger partial charge in [-0.25, -0.2) is 4.79 Å². The Morgan fingerprint density at radius 3 is 2.61 bits per heavy atom. The van der Waals surface area contributed by atoms with Gasteiger partial charge in [-0.3, -0.25) is 4.79 Å².